The monoisotopic (exact) mass is 247 g/mol. The predicted octanol–water partition coefficient (Wildman–Crippen LogP) is 4.74. The maximum Gasteiger partial charge on any atom is 0.00644 e. The second kappa shape index (κ2) is 9.16. The van der Waals surface area contributed by atoms with Crippen molar-refractivity contribution < 1.29 is 0 Å². The highest BCUT2D eigenvalue weighted by Gasteiger charge is 2.07. The smallest absolute Gasteiger partial charge is 0.00644 e. The van der Waals surface area contributed by atoms with Crippen LogP contribution in [-0.2, 0) is 0 Å². The predicted molar refractivity (Wildman–Crippen MR) is 81.1 cm³/mol. The molecule has 0 amide bonds. The summed E-state index contributed by atoms with van der Waals surface area (Å²) in [4.78, 5) is 0. The van der Waals surface area contributed by atoms with E-state index in [0.29, 0.717) is 12.0 Å². The van der Waals surface area contributed by atoms with E-state index in [1.807, 2.05) is 0 Å². The Morgan fingerprint density at radius 1 is 1.06 bits per heavy atom. The van der Waals surface area contributed by atoms with Gasteiger partial charge in [0.2, 0.25) is 0 Å². The van der Waals surface area contributed by atoms with Gasteiger partial charge in [-0.2, -0.15) is 0 Å². The van der Waals surface area contributed by atoms with Crippen LogP contribution in [0.4, 0.5) is 0 Å². The molecule has 0 aliphatic rings. The average Bonchev–Trinajstić information content (AvgIpc) is 2.43. The summed E-state index contributed by atoms with van der Waals surface area (Å²) in [7, 11) is 0. The molecule has 2 atom stereocenters. The highest BCUT2D eigenvalue weighted by atomic mass is 14.9. The van der Waals surface area contributed by atoms with Gasteiger partial charge >= 0.3 is 0 Å². The van der Waals surface area contributed by atoms with Gasteiger partial charge in [0.15, 0.2) is 0 Å². The highest BCUT2D eigenvalue weighted by molar-refractivity contribution is 5.18. The minimum atomic E-state index is 0.655. The molecule has 0 heterocycles. The van der Waals surface area contributed by atoms with Gasteiger partial charge in [0.05, 0.1) is 0 Å². The molecule has 102 valence electrons. The third kappa shape index (κ3) is 5.68. The van der Waals surface area contributed by atoms with E-state index in [1.165, 1.54) is 37.7 Å². The normalized spacial score (nSPS) is 14.4. The molecular weight excluding hydrogens is 218 g/mol. The lowest BCUT2D eigenvalue weighted by Gasteiger charge is -2.18. The summed E-state index contributed by atoms with van der Waals surface area (Å²) in [6.07, 6.45) is 6.46. The summed E-state index contributed by atoms with van der Waals surface area (Å²) < 4.78 is 0. The van der Waals surface area contributed by atoms with Crippen molar-refractivity contribution in [2.45, 2.75) is 64.8 Å². The van der Waals surface area contributed by atoms with E-state index in [2.05, 4.69) is 56.4 Å². The van der Waals surface area contributed by atoms with Gasteiger partial charge in [-0.1, -0.05) is 63.9 Å². The van der Waals surface area contributed by atoms with E-state index in [9.17, 15) is 0 Å². The third-order valence-corrected chi connectivity index (χ3v) is 3.78. The van der Waals surface area contributed by atoms with Gasteiger partial charge in [0.1, 0.15) is 0 Å². The van der Waals surface area contributed by atoms with Crippen LogP contribution in [-0.4, -0.2) is 12.6 Å². The van der Waals surface area contributed by atoms with Crippen LogP contribution < -0.4 is 5.32 Å². The van der Waals surface area contributed by atoms with Crippen LogP contribution in [0.15, 0.2) is 30.3 Å². The Bertz CT molecular complexity index is 294. The SMILES string of the molecule is CCCCC(CC)NCCC(C)c1ccccc1. The van der Waals surface area contributed by atoms with E-state index in [1.54, 1.807) is 0 Å². The molecule has 0 bridgehead atoms. The van der Waals surface area contributed by atoms with Gasteiger partial charge in [0.25, 0.3) is 0 Å². The van der Waals surface area contributed by atoms with Gasteiger partial charge in [0, 0.05) is 6.04 Å². The lowest BCUT2D eigenvalue weighted by atomic mass is 9.97. The van der Waals surface area contributed by atoms with Gasteiger partial charge in [-0.15, -0.1) is 0 Å². The molecule has 0 aromatic heterocycles. The van der Waals surface area contributed by atoms with Gasteiger partial charge in [-0.25, -0.2) is 0 Å². The van der Waals surface area contributed by atoms with Gasteiger partial charge < -0.3 is 5.32 Å². The molecule has 2 unspecified atom stereocenters. The Balaban J connectivity index is 2.24. The molecule has 1 aromatic rings. The highest BCUT2D eigenvalue weighted by Crippen LogP contribution is 2.17. The van der Waals surface area contributed by atoms with Crippen LogP contribution in [0.2, 0.25) is 0 Å². The number of nitrogens with one attached hydrogen (secondary N) is 1. The Kier molecular flexibility index (Phi) is 7.75. The number of benzene rings is 1. The molecule has 1 heteroatoms. The van der Waals surface area contributed by atoms with Crippen LogP contribution in [0.1, 0.15) is 64.4 Å². The lowest BCUT2D eigenvalue weighted by Crippen LogP contribution is -2.29. The van der Waals surface area contributed by atoms with Crippen molar-refractivity contribution in [3.63, 3.8) is 0 Å². The molecule has 0 radical (unpaired) electrons. The maximum atomic E-state index is 3.70. The molecule has 0 saturated heterocycles. The summed E-state index contributed by atoms with van der Waals surface area (Å²) in [5.74, 6) is 0.655. The first-order valence-corrected chi connectivity index (χ1v) is 7.56. The van der Waals surface area contributed by atoms with E-state index in [-0.39, 0.29) is 0 Å². The number of unbranched alkanes of at least 4 members (excludes halogenated alkanes) is 1. The zero-order valence-electron chi connectivity index (χ0n) is 12.3. The Morgan fingerprint density at radius 3 is 2.39 bits per heavy atom. The summed E-state index contributed by atoms with van der Waals surface area (Å²) >= 11 is 0. The average molecular weight is 247 g/mol. The van der Waals surface area contributed by atoms with Crippen LogP contribution in [0, 0.1) is 0 Å². The fraction of sp³-hybridized carbons (Fsp3) is 0.647. The second-order valence-corrected chi connectivity index (χ2v) is 5.30. The van der Waals surface area contributed by atoms with Crippen LogP contribution in [0.3, 0.4) is 0 Å². The summed E-state index contributed by atoms with van der Waals surface area (Å²) in [5, 5.41) is 3.70. The molecular formula is C17H29N. The standard InChI is InChI=1S/C17H29N/c1-4-6-12-17(5-2)18-14-13-15(3)16-10-8-7-9-11-16/h7-11,15,17-18H,4-6,12-14H2,1-3H3. The largest absolute Gasteiger partial charge is 0.314 e. The first-order chi connectivity index (χ1) is 8.77. The van der Waals surface area contributed by atoms with Crippen LogP contribution in [0.5, 0.6) is 0 Å². The van der Waals surface area contributed by atoms with Crippen molar-refractivity contribution in [1.82, 2.24) is 5.32 Å². The van der Waals surface area contributed by atoms with Crippen molar-refractivity contribution in [1.29, 1.82) is 0 Å². The molecule has 1 nitrogen and oxygen atoms in total. The minimum Gasteiger partial charge on any atom is -0.314 e. The fourth-order valence-corrected chi connectivity index (χ4v) is 2.35. The molecule has 1 aromatic carbocycles. The molecule has 1 rings (SSSR count). The lowest BCUT2D eigenvalue weighted by molar-refractivity contribution is 0.440. The van der Waals surface area contributed by atoms with E-state index < -0.39 is 0 Å². The molecule has 1 N–H and O–H groups in total. The first kappa shape index (κ1) is 15.2. The van der Waals surface area contributed by atoms with Gasteiger partial charge in [-0.3, -0.25) is 0 Å². The van der Waals surface area contributed by atoms with Crippen molar-refractivity contribution >= 4 is 0 Å². The van der Waals surface area contributed by atoms with E-state index in [0.717, 1.165) is 6.54 Å². The summed E-state index contributed by atoms with van der Waals surface area (Å²) in [5.41, 5.74) is 1.46. The minimum absolute atomic E-state index is 0.655. The molecule has 0 fully saturated rings. The molecule has 0 spiro atoms. The topological polar surface area (TPSA) is 12.0 Å². The Hall–Kier alpha value is -0.820. The Morgan fingerprint density at radius 2 is 1.78 bits per heavy atom. The zero-order chi connectivity index (χ0) is 13.2. The fourth-order valence-electron chi connectivity index (χ4n) is 2.35. The van der Waals surface area contributed by atoms with Crippen molar-refractivity contribution in [2.24, 2.45) is 0 Å². The first-order valence-electron chi connectivity index (χ1n) is 7.56. The van der Waals surface area contributed by atoms with Crippen molar-refractivity contribution in [3.05, 3.63) is 35.9 Å². The number of hydrogen-bond acceptors (Lipinski definition) is 1. The molecule has 0 aliphatic carbocycles. The van der Waals surface area contributed by atoms with Gasteiger partial charge in [-0.05, 0) is 37.3 Å². The molecule has 18 heavy (non-hydrogen) atoms. The molecule has 0 aliphatic heterocycles. The van der Waals surface area contributed by atoms with E-state index in [4.69, 9.17) is 0 Å². The van der Waals surface area contributed by atoms with Crippen LogP contribution >= 0.6 is 0 Å². The Labute approximate surface area is 113 Å². The zero-order valence-corrected chi connectivity index (χ0v) is 12.3. The molecule has 0 saturated carbocycles. The van der Waals surface area contributed by atoms with Crippen LogP contribution in [0.25, 0.3) is 0 Å². The number of rotatable bonds is 9. The number of hydrogen-bond donors (Lipinski definition) is 1. The summed E-state index contributed by atoms with van der Waals surface area (Å²) in [6.45, 7) is 8.01. The van der Waals surface area contributed by atoms with E-state index >= 15 is 0 Å². The van der Waals surface area contributed by atoms with Crippen molar-refractivity contribution in [3.8, 4) is 0 Å². The maximum absolute atomic E-state index is 3.70. The second-order valence-electron chi connectivity index (χ2n) is 5.30. The quantitative estimate of drug-likeness (QED) is 0.664. The summed E-state index contributed by atoms with van der Waals surface area (Å²) in [6, 6.07) is 11.5. The third-order valence-electron chi connectivity index (χ3n) is 3.78. The van der Waals surface area contributed by atoms with Crippen molar-refractivity contribution in [2.75, 3.05) is 6.54 Å².